The minimum absolute atomic E-state index is 0.159. The van der Waals surface area contributed by atoms with Gasteiger partial charge >= 0.3 is 11.9 Å². The first-order chi connectivity index (χ1) is 15.8. The first kappa shape index (κ1) is 25.6. The Morgan fingerprint density at radius 2 is 1.94 bits per heavy atom. The van der Waals surface area contributed by atoms with Crippen LogP contribution in [0.4, 0.5) is 0 Å². The quantitative estimate of drug-likeness (QED) is 0.350. The Labute approximate surface area is 201 Å². The van der Waals surface area contributed by atoms with Crippen LogP contribution in [0.5, 0.6) is 0 Å². The second-order valence-corrected chi connectivity index (χ2v) is 12.0. The van der Waals surface area contributed by atoms with Gasteiger partial charge in [0, 0.05) is 18.8 Å². The van der Waals surface area contributed by atoms with Crippen molar-refractivity contribution in [1.29, 1.82) is 0 Å². The van der Waals surface area contributed by atoms with Gasteiger partial charge in [-0.25, -0.2) is 9.78 Å². The molecule has 0 spiro atoms. The van der Waals surface area contributed by atoms with Crippen molar-refractivity contribution in [3.05, 3.63) is 12.2 Å². The number of aliphatic hydroxyl groups excluding tert-OH is 1. The minimum atomic E-state index is -1.09. The standard InChI is InChI=1S/C26H40O8/c1-15(17-12-19-26(5,34-33-17)14-20(28)32-19)8-9-18-23(2)10-7-11-24(3,22(29)31-6)21(23)16(27)13-25(18,4)30/h16-19,21,27,30H,1,7-14H2,2-6H3. The lowest BCUT2D eigenvalue weighted by molar-refractivity contribution is -0.408. The van der Waals surface area contributed by atoms with Crippen LogP contribution >= 0.6 is 0 Å². The molecule has 0 aromatic carbocycles. The van der Waals surface area contributed by atoms with Crippen molar-refractivity contribution >= 4 is 11.9 Å². The number of esters is 2. The SMILES string of the molecule is C=C(CCC1C(C)(O)CC(O)C2C(C)(C(=O)OC)CCCC12C)C1CC2OC(=O)CC2(C)OO1. The van der Waals surface area contributed by atoms with E-state index in [1.54, 1.807) is 6.92 Å². The number of hydrogen-bond donors (Lipinski definition) is 2. The molecule has 9 atom stereocenters. The fourth-order valence-electron chi connectivity index (χ4n) is 7.86. The van der Waals surface area contributed by atoms with E-state index in [-0.39, 0.29) is 42.7 Å². The van der Waals surface area contributed by atoms with Gasteiger partial charge in [-0.2, -0.15) is 0 Å². The third kappa shape index (κ3) is 4.00. The summed E-state index contributed by atoms with van der Waals surface area (Å²) in [5, 5.41) is 22.6. The van der Waals surface area contributed by atoms with E-state index in [4.69, 9.17) is 19.2 Å². The van der Waals surface area contributed by atoms with Gasteiger partial charge in [0.15, 0.2) is 0 Å². The largest absolute Gasteiger partial charge is 0.469 e. The molecule has 2 saturated heterocycles. The molecular weight excluding hydrogens is 440 g/mol. The van der Waals surface area contributed by atoms with Crippen molar-refractivity contribution in [2.75, 3.05) is 7.11 Å². The number of hydrogen-bond acceptors (Lipinski definition) is 8. The van der Waals surface area contributed by atoms with Crippen LogP contribution in [-0.4, -0.2) is 58.8 Å². The number of rotatable bonds is 5. The molecule has 34 heavy (non-hydrogen) atoms. The predicted molar refractivity (Wildman–Crippen MR) is 122 cm³/mol. The molecule has 2 N–H and O–H groups in total. The first-order valence-electron chi connectivity index (χ1n) is 12.5. The third-order valence-electron chi connectivity index (χ3n) is 9.46. The molecule has 2 aliphatic carbocycles. The summed E-state index contributed by atoms with van der Waals surface area (Å²) in [6, 6.07) is 0. The van der Waals surface area contributed by atoms with E-state index < -0.39 is 34.2 Å². The van der Waals surface area contributed by atoms with Crippen LogP contribution in [0.25, 0.3) is 0 Å². The predicted octanol–water partition coefficient (Wildman–Crippen LogP) is 3.24. The van der Waals surface area contributed by atoms with Crippen molar-refractivity contribution in [2.24, 2.45) is 22.7 Å². The molecule has 4 rings (SSSR count). The summed E-state index contributed by atoms with van der Waals surface area (Å²) in [6.07, 6.45) is 2.80. The topological polar surface area (TPSA) is 112 Å². The number of carbonyl (C=O) groups excluding carboxylic acids is 2. The molecule has 4 fully saturated rings. The fourth-order valence-corrected chi connectivity index (χ4v) is 7.86. The Morgan fingerprint density at radius 1 is 1.24 bits per heavy atom. The molecule has 8 heteroatoms. The number of fused-ring (bicyclic) bond motifs is 2. The van der Waals surface area contributed by atoms with E-state index in [0.717, 1.165) is 18.4 Å². The lowest BCUT2D eigenvalue weighted by Gasteiger charge is -2.62. The van der Waals surface area contributed by atoms with Crippen LogP contribution in [0, 0.1) is 22.7 Å². The highest BCUT2D eigenvalue weighted by Crippen LogP contribution is 2.63. The van der Waals surface area contributed by atoms with Gasteiger partial charge in [0.05, 0.1) is 30.7 Å². The normalized spacial score (nSPS) is 48.4. The van der Waals surface area contributed by atoms with E-state index in [9.17, 15) is 19.8 Å². The second-order valence-electron chi connectivity index (χ2n) is 12.0. The molecule has 0 aromatic heterocycles. The highest BCUT2D eigenvalue weighted by Gasteiger charge is 2.64. The minimum Gasteiger partial charge on any atom is -0.469 e. The monoisotopic (exact) mass is 480 g/mol. The van der Waals surface area contributed by atoms with Gasteiger partial charge in [-0.05, 0) is 63.4 Å². The van der Waals surface area contributed by atoms with Crippen LogP contribution in [-0.2, 0) is 28.8 Å². The lowest BCUT2D eigenvalue weighted by Crippen LogP contribution is -2.64. The summed E-state index contributed by atoms with van der Waals surface area (Å²) in [6.45, 7) is 11.8. The Balaban J connectivity index is 1.51. The Hall–Kier alpha value is -1.48. The molecule has 2 aliphatic heterocycles. The van der Waals surface area contributed by atoms with Gasteiger partial charge in [0.25, 0.3) is 0 Å². The van der Waals surface area contributed by atoms with E-state index in [0.29, 0.717) is 25.7 Å². The van der Waals surface area contributed by atoms with Crippen LogP contribution in [0.3, 0.4) is 0 Å². The summed E-state index contributed by atoms with van der Waals surface area (Å²) < 4.78 is 10.6. The van der Waals surface area contributed by atoms with E-state index >= 15 is 0 Å². The Bertz CT molecular complexity index is 854. The number of aliphatic hydroxyl groups is 2. The molecule has 0 radical (unpaired) electrons. The number of methoxy groups -OCH3 is 1. The van der Waals surface area contributed by atoms with Gasteiger partial charge in [0.1, 0.15) is 17.8 Å². The van der Waals surface area contributed by atoms with Crippen LogP contribution in [0.2, 0.25) is 0 Å². The number of carbonyl (C=O) groups is 2. The third-order valence-corrected chi connectivity index (χ3v) is 9.46. The number of ether oxygens (including phenoxy) is 2. The molecule has 0 bridgehead atoms. The zero-order chi connectivity index (χ0) is 25.1. The maximum absolute atomic E-state index is 12.8. The van der Waals surface area contributed by atoms with E-state index in [1.807, 2.05) is 13.8 Å². The zero-order valence-electron chi connectivity index (χ0n) is 21.1. The molecule has 2 heterocycles. The van der Waals surface area contributed by atoms with Crippen molar-refractivity contribution in [2.45, 2.75) is 109 Å². The maximum Gasteiger partial charge on any atom is 0.311 e. The van der Waals surface area contributed by atoms with Crippen molar-refractivity contribution < 1.29 is 39.1 Å². The molecule has 0 aromatic rings. The smallest absolute Gasteiger partial charge is 0.311 e. The van der Waals surface area contributed by atoms with Crippen LogP contribution < -0.4 is 0 Å². The van der Waals surface area contributed by atoms with Gasteiger partial charge in [-0.3, -0.25) is 9.59 Å². The lowest BCUT2D eigenvalue weighted by atomic mass is 9.44. The molecule has 9 unspecified atom stereocenters. The fraction of sp³-hybridized carbons (Fsp3) is 0.846. The highest BCUT2D eigenvalue weighted by atomic mass is 17.2. The summed E-state index contributed by atoms with van der Waals surface area (Å²) in [5.74, 6) is -1.06. The molecule has 0 amide bonds. The van der Waals surface area contributed by atoms with Crippen LogP contribution in [0.1, 0.15) is 79.1 Å². The molecule has 4 aliphatic rings. The van der Waals surface area contributed by atoms with E-state index in [1.165, 1.54) is 7.11 Å². The van der Waals surface area contributed by atoms with Crippen molar-refractivity contribution in [3.8, 4) is 0 Å². The molecule has 2 saturated carbocycles. The second kappa shape index (κ2) is 8.57. The summed E-state index contributed by atoms with van der Waals surface area (Å²) in [5.41, 5.74) is -2.30. The van der Waals surface area contributed by atoms with Crippen LogP contribution in [0.15, 0.2) is 12.2 Å². The van der Waals surface area contributed by atoms with E-state index in [2.05, 4.69) is 13.5 Å². The highest BCUT2D eigenvalue weighted by molar-refractivity contribution is 5.77. The Kier molecular flexibility index (Phi) is 6.46. The van der Waals surface area contributed by atoms with Gasteiger partial charge in [-0.1, -0.05) is 19.9 Å². The summed E-state index contributed by atoms with van der Waals surface area (Å²) in [4.78, 5) is 35.8. The Morgan fingerprint density at radius 3 is 2.62 bits per heavy atom. The molecule has 192 valence electrons. The summed E-state index contributed by atoms with van der Waals surface area (Å²) in [7, 11) is 1.39. The van der Waals surface area contributed by atoms with Crippen molar-refractivity contribution in [1.82, 2.24) is 0 Å². The average Bonchev–Trinajstić information content (AvgIpc) is 3.04. The zero-order valence-corrected chi connectivity index (χ0v) is 21.1. The first-order valence-corrected chi connectivity index (χ1v) is 12.5. The summed E-state index contributed by atoms with van der Waals surface area (Å²) >= 11 is 0. The molecule has 8 nitrogen and oxygen atoms in total. The van der Waals surface area contributed by atoms with Gasteiger partial charge in [-0.15, -0.1) is 0 Å². The van der Waals surface area contributed by atoms with Crippen molar-refractivity contribution in [3.63, 3.8) is 0 Å². The van der Waals surface area contributed by atoms with Gasteiger partial charge in [0.2, 0.25) is 0 Å². The molecular formula is C26H40O8. The van der Waals surface area contributed by atoms with Gasteiger partial charge < -0.3 is 19.7 Å². The maximum atomic E-state index is 12.8. The average molecular weight is 481 g/mol.